The number of H-pyrrole nitrogens is 1. The van der Waals surface area contributed by atoms with Crippen molar-refractivity contribution in [1.29, 1.82) is 0 Å². The minimum atomic E-state index is -0.617. The smallest absolute Gasteiger partial charge is 0.252 e. The largest absolute Gasteiger partial charge is 0.497 e. The van der Waals surface area contributed by atoms with Crippen molar-refractivity contribution in [2.75, 3.05) is 12.4 Å². The number of aromatic amines is 1. The van der Waals surface area contributed by atoms with Crippen LogP contribution in [-0.2, 0) is 0 Å². The first kappa shape index (κ1) is 16.0. The fraction of sp³-hybridized carbons (Fsp3) is 0.0588. The highest BCUT2D eigenvalue weighted by molar-refractivity contribution is 6.31. The molecule has 1 aromatic heterocycles. The van der Waals surface area contributed by atoms with E-state index >= 15 is 0 Å². The van der Waals surface area contributed by atoms with Crippen LogP contribution in [0.1, 0.15) is 0 Å². The molecule has 0 unspecified atom stereocenters. The Morgan fingerprint density at radius 1 is 1.21 bits per heavy atom. The summed E-state index contributed by atoms with van der Waals surface area (Å²) in [5.41, 5.74) is 0.888. The van der Waals surface area contributed by atoms with Gasteiger partial charge in [-0.15, -0.1) is 0 Å². The van der Waals surface area contributed by atoms with E-state index in [2.05, 4.69) is 15.3 Å². The molecule has 0 saturated carbocycles. The molecule has 0 amide bonds. The predicted octanol–water partition coefficient (Wildman–Crippen LogP) is 3.98. The van der Waals surface area contributed by atoms with Crippen LogP contribution < -0.4 is 15.6 Å². The monoisotopic (exact) mass is 345 g/mol. The van der Waals surface area contributed by atoms with E-state index in [0.29, 0.717) is 17.0 Å². The highest BCUT2D eigenvalue weighted by atomic mass is 35.5. The topological polar surface area (TPSA) is 67.0 Å². The van der Waals surface area contributed by atoms with E-state index in [1.54, 1.807) is 37.4 Å². The van der Waals surface area contributed by atoms with Gasteiger partial charge in [0.05, 0.1) is 23.5 Å². The molecule has 5 nitrogen and oxygen atoms in total. The van der Waals surface area contributed by atoms with Crippen molar-refractivity contribution in [3.63, 3.8) is 0 Å². The molecule has 0 spiro atoms. The third-order valence-corrected chi connectivity index (χ3v) is 3.60. The molecule has 3 rings (SSSR count). The third kappa shape index (κ3) is 3.38. The lowest BCUT2D eigenvalue weighted by Crippen LogP contribution is -2.11. The number of aromatic nitrogens is 2. The number of halogens is 2. The molecule has 122 valence electrons. The van der Waals surface area contributed by atoms with Gasteiger partial charge in [0.25, 0.3) is 5.56 Å². The number of hydrogen-bond acceptors (Lipinski definition) is 4. The second-order valence-corrected chi connectivity index (χ2v) is 5.34. The molecule has 2 N–H and O–H groups in total. The Morgan fingerprint density at radius 2 is 2.00 bits per heavy atom. The maximum atomic E-state index is 14.0. The highest BCUT2D eigenvalue weighted by Gasteiger charge is 2.09. The van der Waals surface area contributed by atoms with Crippen molar-refractivity contribution < 1.29 is 9.13 Å². The molecule has 0 fully saturated rings. The van der Waals surface area contributed by atoms with Crippen LogP contribution in [0.15, 0.2) is 53.3 Å². The Labute approximate surface area is 142 Å². The van der Waals surface area contributed by atoms with E-state index < -0.39 is 5.82 Å². The molecule has 0 aliphatic heterocycles. The summed E-state index contributed by atoms with van der Waals surface area (Å²) in [6.07, 6.45) is 0. The van der Waals surface area contributed by atoms with Crippen molar-refractivity contribution in [3.8, 4) is 17.0 Å². The molecule has 3 aromatic rings. The van der Waals surface area contributed by atoms with Crippen molar-refractivity contribution in [3.05, 3.63) is 69.7 Å². The molecule has 0 radical (unpaired) electrons. The van der Waals surface area contributed by atoms with Gasteiger partial charge in [-0.1, -0.05) is 29.8 Å². The number of rotatable bonds is 4. The minimum absolute atomic E-state index is 0.0219. The Bertz CT molecular complexity index is 943. The molecule has 1 heterocycles. The summed E-state index contributed by atoms with van der Waals surface area (Å²) in [5, 5.41) is 2.71. The van der Waals surface area contributed by atoms with Crippen LogP contribution in [0.4, 0.5) is 16.0 Å². The molecule has 24 heavy (non-hydrogen) atoms. The summed E-state index contributed by atoms with van der Waals surface area (Å²) >= 11 is 5.75. The first-order valence-corrected chi connectivity index (χ1v) is 7.41. The van der Waals surface area contributed by atoms with E-state index in [1.807, 2.05) is 0 Å². The van der Waals surface area contributed by atoms with Crippen LogP contribution in [0.25, 0.3) is 11.3 Å². The Kier molecular flexibility index (Phi) is 4.48. The van der Waals surface area contributed by atoms with Crippen LogP contribution in [0, 0.1) is 5.82 Å². The number of anilines is 2. The van der Waals surface area contributed by atoms with Crippen molar-refractivity contribution in [2.24, 2.45) is 0 Å². The van der Waals surface area contributed by atoms with E-state index in [0.717, 1.165) is 0 Å². The van der Waals surface area contributed by atoms with Gasteiger partial charge in [-0.25, -0.2) is 9.37 Å². The fourth-order valence-electron chi connectivity index (χ4n) is 2.18. The van der Waals surface area contributed by atoms with Crippen LogP contribution in [0.5, 0.6) is 5.75 Å². The van der Waals surface area contributed by atoms with E-state index in [1.165, 1.54) is 18.2 Å². The van der Waals surface area contributed by atoms with Crippen molar-refractivity contribution in [1.82, 2.24) is 9.97 Å². The second kappa shape index (κ2) is 6.72. The lowest BCUT2D eigenvalue weighted by atomic mass is 10.1. The number of ether oxygens (including phenoxy) is 1. The Hall–Kier alpha value is -2.86. The summed E-state index contributed by atoms with van der Waals surface area (Å²) in [6.45, 7) is 0. The molecule has 2 aromatic carbocycles. The summed E-state index contributed by atoms with van der Waals surface area (Å²) in [5.74, 6) is 0.139. The standard InChI is InChI=1S/C17H13ClFN3O2/c1-24-11-5-2-4-10(8-11)14-9-15(23)22-17(21-14)20-13-7-3-6-12(18)16(13)19/h2-9H,1H3,(H2,20,21,22,23). The molecule has 0 aliphatic carbocycles. The Balaban J connectivity index is 2.00. The van der Waals surface area contributed by atoms with Gasteiger partial charge in [0.1, 0.15) is 5.75 Å². The van der Waals surface area contributed by atoms with Crippen molar-refractivity contribution in [2.45, 2.75) is 0 Å². The van der Waals surface area contributed by atoms with Gasteiger partial charge in [-0.2, -0.15) is 0 Å². The van der Waals surface area contributed by atoms with Crippen LogP contribution >= 0.6 is 11.6 Å². The Morgan fingerprint density at radius 3 is 2.79 bits per heavy atom. The molecule has 0 bridgehead atoms. The maximum absolute atomic E-state index is 14.0. The predicted molar refractivity (Wildman–Crippen MR) is 91.5 cm³/mol. The molecule has 0 atom stereocenters. The lowest BCUT2D eigenvalue weighted by molar-refractivity contribution is 0.415. The zero-order valence-corrected chi connectivity index (χ0v) is 13.4. The number of hydrogen-bond donors (Lipinski definition) is 2. The van der Waals surface area contributed by atoms with E-state index in [-0.39, 0.29) is 22.2 Å². The van der Waals surface area contributed by atoms with Crippen LogP contribution in [0.3, 0.4) is 0 Å². The molecule has 0 aliphatic rings. The highest BCUT2D eigenvalue weighted by Crippen LogP contribution is 2.25. The minimum Gasteiger partial charge on any atom is -0.497 e. The molecule has 7 heteroatoms. The fourth-order valence-corrected chi connectivity index (χ4v) is 2.35. The van der Waals surface area contributed by atoms with E-state index in [9.17, 15) is 9.18 Å². The summed E-state index contributed by atoms with van der Waals surface area (Å²) in [6, 6.07) is 13.0. The number of methoxy groups -OCH3 is 1. The number of benzene rings is 2. The zero-order chi connectivity index (χ0) is 17.1. The molecular weight excluding hydrogens is 333 g/mol. The molecule has 0 saturated heterocycles. The first-order chi connectivity index (χ1) is 11.6. The average Bonchev–Trinajstić information content (AvgIpc) is 2.58. The zero-order valence-electron chi connectivity index (χ0n) is 12.6. The van der Waals surface area contributed by atoms with Crippen LogP contribution in [-0.4, -0.2) is 17.1 Å². The summed E-state index contributed by atoms with van der Waals surface area (Å²) in [7, 11) is 1.55. The van der Waals surface area contributed by atoms with Gasteiger partial charge < -0.3 is 10.1 Å². The molecular formula is C17H13ClFN3O2. The average molecular weight is 346 g/mol. The number of nitrogens with zero attached hydrogens (tertiary/aromatic N) is 1. The number of nitrogens with one attached hydrogen (secondary N) is 2. The summed E-state index contributed by atoms with van der Waals surface area (Å²) < 4.78 is 19.1. The van der Waals surface area contributed by atoms with Gasteiger partial charge in [-0.3, -0.25) is 9.78 Å². The lowest BCUT2D eigenvalue weighted by Gasteiger charge is -2.09. The SMILES string of the molecule is COc1cccc(-c2cc(=O)[nH]c(Nc3cccc(Cl)c3F)n2)c1. The van der Waals surface area contributed by atoms with Crippen LogP contribution in [0.2, 0.25) is 5.02 Å². The van der Waals surface area contributed by atoms with Gasteiger partial charge in [-0.05, 0) is 24.3 Å². The van der Waals surface area contributed by atoms with Gasteiger partial charge in [0.2, 0.25) is 5.95 Å². The third-order valence-electron chi connectivity index (χ3n) is 3.31. The summed E-state index contributed by atoms with van der Waals surface area (Å²) in [4.78, 5) is 18.7. The quantitative estimate of drug-likeness (QED) is 0.750. The van der Waals surface area contributed by atoms with Crippen molar-refractivity contribution >= 4 is 23.2 Å². The van der Waals surface area contributed by atoms with Gasteiger partial charge in [0, 0.05) is 11.6 Å². The van der Waals surface area contributed by atoms with Gasteiger partial charge in [0.15, 0.2) is 5.82 Å². The van der Waals surface area contributed by atoms with E-state index in [4.69, 9.17) is 16.3 Å². The maximum Gasteiger partial charge on any atom is 0.252 e. The second-order valence-electron chi connectivity index (χ2n) is 4.94. The normalized spacial score (nSPS) is 10.5. The van der Waals surface area contributed by atoms with Gasteiger partial charge >= 0.3 is 0 Å². The first-order valence-electron chi connectivity index (χ1n) is 7.03.